The second-order valence-electron chi connectivity index (χ2n) is 5.40. The summed E-state index contributed by atoms with van der Waals surface area (Å²) in [4.78, 5) is 12.0. The molecule has 3 rings (SSSR count). The summed E-state index contributed by atoms with van der Waals surface area (Å²) in [5.74, 6) is -0.0816. The molecule has 0 unspecified atom stereocenters. The average molecular weight is 348 g/mol. The summed E-state index contributed by atoms with van der Waals surface area (Å²) in [5, 5.41) is 13.2. The number of nitrogens with zero attached hydrogens (tertiary/aromatic N) is 3. The quantitative estimate of drug-likeness (QED) is 0.711. The van der Waals surface area contributed by atoms with Crippen molar-refractivity contribution in [3.63, 3.8) is 0 Å². The molecule has 0 aliphatic carbocycles. The molecule has 0 radical (unpaired) electrons. The summed E-state index contributed by atoms with van der Waals surface area (Å²) in [6, 6.07) is 18.6. The number of carbonyl (C=O) groups is 1. The number of benzene rings is 2. The van der Waals surface area contributed by atoms with E-state index in [-0.39, 0.29) is 17.1 Å². The molecule has 1 heterocycles. The molecule has 7 nitrogen and oxygen atoms in total. The number of nitriles is 1. The van der Waals surface area contributed by atoms with E-state index in [2.05, 4.69) is 5.10 Å². The van der Waals surface area contributed by atoms with Crippen LogP contribution in [0.3, 0.4) is 0 Å². The molecule has 0 fully saturated rings. The molecule has 0 saturated carbocycles. The maximum Gasteiger partial charge on any atom is 0.359 e. The number of hydrogen-bond acceptors (Lipinski definition) is 6. The molecule has 0 spiro atoms. The third-order valence-corrected chi connectivity index (χ3v) is 3.72. The molecular weight excluding hydrogens is 332 g/mol. The van der Waals surface area contributed by atoms with Gasteiger partial charge in [-0.1, -0.05) is 36.4 Å². The Kier molecular flexibility index (Phi) is 4.85. The van der Waals surface area contributed by atoms with Crippen LogP contribution in [0.2, 0.25) is 0 Å². The molecule has 0 saturated heterocycles. The number of carbonyl (C=O) groups excluding carboxylic acids is 1. The molecule has 26 heavy (non-hydrogen) atoms. The molecule has 0 aliphatic rings. The van der Waals surface area contributed by atoms with Gasteiger partial charge >= 0.3 is 5.97 Å². The highest BCUT2D eigenvalue weighted by Crippen LogP contribution is 2.24. The number of nitrogens with two attached hydrogens (primary N) is 1. The Hall–Kier alpha value is -3.79. The van der Waals surface area contributed by atoms with Crippen LogP contribution >= 0.6 is 0 Å². The van der Waals surface area contributed by atoms with Crippen LogP contribution in [0, 0.1) is 11.3 Å². The maximum absolute atomic E-state index is 12.0. The number of esters is 1. The molecule has 7 heteroatoms. The fourth-order valence-electron chi connectivity index (χ4n) is 2.44. The predicted molar refractivity (Wildman–Crippen MR) is 94.8 cm³/mol. The molecule has 0 atom stereocenters. The first-order valence-electron chi connectivity index (χ1n) is 7.78. The second-order valence-corrected chi connectivity index (χ2v) is 5.40. The topological polar surface area (TPSA) is 103 Å². The monoisotopic (exact) mass is 348 g/mol. The van der Waals surface area contributed by atoms with Gasteiger partial charge in [-0.3, -0.25) is 0 Å². The predicted octanol–water partition coefficient (Wildman–Crippen LogP) is 2.69. The Labute approximate surface area is 150 Å². The highest BCUT2D eigenvalue weighted by atomic mass is 16.5. The Bertz CT molecular complexity index is 974. The van der Waals surface area contributed by atoms with Crippen molar-refractivity contribution in [1.29, 1.82) is 5.26 Å². The Morgan fingerprint density at radius 2 is 2.00 bits per heavy atom. The van der Waals surface area contributed by atoms with Crippen LogP contribution in [0.1, 0.15) is 21.7 Å². The molecule has 0 amide bonds. The van der Waals surface area contributed by atoms with Crippen molar-refractivity contribution < 1.29 is 14.3 Å². The summed E-state index contributed by atoms with van der Waals surface area (Å²) >= 11 is 0. The summed E-state index contributed by atoms with van der Waals surface area (Å²) in [6.45, 7) is 0.402. The Morgan fingerprint density at radius 3 is 2.69 bits per heavy atom. The third kappa shape index (κ3) is 3.35. The zero-order valence-electron chi connectivity index (χ0n) is 14.0. The van der Waals surface area contributed by atoms with E-state index in [1.807, 2.05) is 36.4 Å². The van der Waals surface area contributed by atoms with Gasteiger partial charge in [-0.05, 0) is 17.7 Å². The SMILES string of the molecule is COC(=O)c1c(N)c(C#N)nn1-c1cccc(OCc2ccccc2)c1. The van der Waals surface area contributed by atoms with Crippen LogP contribution in [0.15, 0.2) is 54.6 Å². The first-order valence-corrected chi connectivity index (χ1v) is 7.78. The molecular formula is C19H16N4O3. The van der Waals surface area contributed by atoms with Gasteiger partial charge in [-0.25, -0.2) is 9.48 Å². The first kappa shape index (κ1) is 17.0. The normalized spacial score (nSPS) is 10.2. The van der Waals surface area contributed by atoms with E-state index in [1.54, 1.807) is 24.3 Å². The molecule has 2 N–H and O–H groups in total. The number of ether oxygens (including phenoxy) is 2. The van der Waals surface area contributed by atoms with E-state index in [0.29, 0.717) is 18.0 Å². The van der Waals surface area contributed by atoms with Gasteiger partial charge in [0.1, 0.15) is 24.1 Å². The number of nitrogen functional groups attached to an aromatic ring is 1. The van der Waals surface area contributed by atoms with E-state index >= 15 is 0 Å². The van der Waals surface area contributed by atoms with Crippen LogP contribution in [0.4, 0.5) is 5.69 Å². The Balaban J connectivity index is 1.93. The summed E-state index contributed by atoms with van der Waals surface area (Å²) in [5.41, 5.74) is 7.37. The van der Waals surface area contributed by atoms with Gasteiger partial charge in [0.15, 0.2) is 11.4 Å². The molecule has 2 aromatic carbocycles. The van der Waals surface area contributed by atoms with Gasteiger partial charge in [-0.2, -0.15) is 10.4 Å². The number of methoxy groups -OCH3 is 1. The molecule has 1 aromatic heterocycles. The fraction of sp³-hybridized carbons (Fsp3) is 0.105. The lowest BCUT2D eigenvalue weighted by molar-refractivity contribution is 0.0591. The van der Waals surface area contributed by atoms with Crippen LogP contribution in [-0.4, -0.2) is 22.9 Å². The van der Waals surface area contributed by atoms with E-state index in [1.165, 1.54) is 11.8 Å². The van der Waals surface area contributed by atoms with Gasteiger partial charge in [0.25, 0.3) is 0 Å². The fourth-order valence-corrected chi connectivity index (χ4v) is 2.44. The highest BCUT2D eigenvalue weighted by molar-refractivity contribution is 5.95. The van der Waals surface area contributed by atoms with E-state index in [4.69, 9.17) is 20.5 Å². The minimum Gasteiger partial charge on any atom is -0.489 e. The highest BCUT2D eigenvalue weighted by Gasteiger charge is 2.23. The van der Waals surface area contributed by atoms with E-state index < -0.39 is 5.97 Å². The largest absolute Gasteiger partial charge is 0.489 e. The van der Waals surface area contributed by atoms with Crippen LogP contribution in [-0.2, 0) is 11.3 Å². The van der Waals surface area contributed by atoms with Gasteiger partial charge in [-0.15, -0.1) is 0 Å². The standard InChI is InChI=1S/C19H16N4O3/c1-25-19(24)18-17(21)16(11-20)22-23(18)14-8-5-9-15(10-14)26-12-13-6-3-2-4-7-13/h2-10H,12,21H2,1H3. The van der Waals surface area contributed by atoms with Crippen LogP contribution < -0.4 is 10.5 Å². The number of hydrogen-bond donors (Lipinski definition) is 1. The van der Waals surface area contributed by atoms with Crippen molar-refractivity contribution in [1.82, 2.24) is 9.78 Å². The van der Waals surface area contributed by atoms with E-state index in [0.717, 1.165) is 5.56 Å². The maximum atomic E-state index is 12.0. The zero-order chi connectivity index (χ0) is 18.5. The van der Waals surface area contributed by atoms with Gasteiger partial charge in [0.2, 0.25) is 0 Å². The number of aromatic nitrogens is 2. The van der Waals surface area contributed by atoms with Crippen molar-refractivity contribution in [3.8, 4) is 17.5 Å². The summed E-state index contributed by atoms with van der Waals surface area (Å²) in [7, 11) is 1.24. The van der Waals surface area contributed by atoms with Crippen LogP contribution in [0.25, 0.3) is 5.69 Å². The molecule has 0 bridgehead atoms. The van der Waals surface area contributed by atoms with E-state index in [9.17, 15) is 4.79 Å². The molecule has 0 aliphatic heterocycles. The van der Waals surface area contributed by atoms with Crippen molar-refractivity contribution in [2.45, 2.75) is 6.61 Å². The second kappa shape index (κ2) is 7.40. The van der Waals surface area contributed by atoms with Crippen LogP contribution in [0.5, 0.6) is 5.75 Å². The lowest BCUT2D eigenvalue weighted by Crippen LogP contribution is -2.12. The van der Waals surface area contributed by atoms with Gasteiger partial charge < -0.3 is 15.2 Å². The van der Waals surface area contributed by atoms with Crippen molar-refractivity contribution in [3.05, 3.63) is 71.5 Å². The smallest absolute Gasteiger partial charge is 0.359 e. The lowest BCUT2D eigenvalue weighted by atomic mass is 10.2. The first-order chi connectivity index (χ1) is 12.6. The molecule has 130 valence electrons. The third-order valence-electron chi connectivity index (χ3n) is 3.72. The lowest BCUT2D eigenvalue weighted by Gasteiger charge is -2.10. The zero-order valence-corrected chi connectivity index (χ0v) is 14.0. The minimum absolute atomic E-state index is 0.00394. The van der Waals surface area contributed by atoms with Gasteiger partial charge in [0.05, 0.1) is 12.8 Å². The van der Waals surface area contributed by atoms with Crippen molar-refractivity contribution in [2.24, 2.45) is 0 Å². The average Bonchev–Trinajstić information content (AvgIpc) is 3.03. The summed E-state index contributed by atoms with van der Waals surface area (Å²) in [6.07, 6.45) is 0. The number of anilines is 1. The number of rotatable bonds is 5. The van der Waals surface area contributed by atoms with Gasteiger partial charge in [0, 0.05) is 6.07 Å². The minimum atomic E-state index is -0.674. The van der Waals surface area contributed by atoms with Crippen molar-refractivity contribution in [2.75, 3.05) is 12.8 Å². The van der Waals surface area contributed by atoms with Crippen molar-refractivity contribution >= 4 is 11.7 Å². The summed E-state index contributed by atoms with van der Waals surface area (Å²) < 4.78 is 11.8. The Morgan fingerprint density at radius 1 is 1.23 bits per heavy atom. The molecule has 3 aromatic rings.